The molecule has 4 N–H and O–H groups in total. The number of aliphatic hydroxyl groups excluding tert-OH is 1. The van der Waals surface area contributed by atoms with Crippen molar-refractivity contribution in [1.29, 1.82) is 0 Å². The van der Waals surface area contributed by atoms with Crippen LogP contribution in [0.15, 0.2) is 23.3 Å². The molecule has 1 spiro atoms. The van der Waals surface area contributed by atoms with Crippen LogP contribution in [0.3, 0.4) is 0 Å². The van der Waals surface area contributed by atoms with E-state index in [0.29, 0.717) is 19.4 Å². The van der Waals surface area contributed by atoms with Gasteiger partial charge < -0.3 is 20.8 Å². The summed E-state index contributed by atoms with van der Waals surface area (Å²) in [6.45, 7) is 6.98. The Balaban J connectivity index is 1.57. The van der Waals surface area contributed by atoms with Gasteiger partial charge in [-0.05, 0) is 71.3 Å². The Hall–Kier alpha value is -1.37. The van der Waals surface area contributed by atoms with Gasteiger partial charge in [0.25, 0.3) is 0 Å². The number of likely N-dealkylation sites (tertiary alicyclic amines) is 1. The molecule has 2 heterocycles. The van der Waals surface area contributed by atoms with Gasteiger partial charge in [-0.3, -0.25) is 4.90 Å². The van der Waals surface area contributed by atoms with Gasteiger partial charge in [0.1, 0.15) is 0 Å². The molecule has 2 saturated heterocycles. The molecule has 4 fully saturated rings. The molecule has 6 nitrogen and oxygen atoms in total. The van der Waals surface area contributed by atoms with Crippen molar-refractivity contribution in [2.45, 2.75) is 82.1 Å². The van der Waals surface area contributed by atoms with Gasteiger partial charge in [0.05, 0.1) is 17.2 Å². The average molecular weight is 402 g/mol. The lowest BCUT2D eigenvalue weighted by molar-refractivity contribution is -0.188. The standard InChI is InChI=1S/C23H35N3O3/c1-15-3-6-18(27)11-19(15)22-9-10-26(12-17-4-5-17)16(2)23(22,29)8-7-21(13-22)14-24-20(28)25-21/h3,6,16-18,27,29H,4-5,7-14H2,1-2H3,(H2,24,25,28). The summed E-state index contributed by atoms with van der Waals surface area (Å²) in [5.74, 6) is 0.794. The molecular weight excluding hydrogens is 366 g/mol. The number of rotatable bonds is 3. The van der Waals surface area contributed by atoms with Crippen LogP contribution < -0.4 is 10.6 Å². The smallest absolute Gasteiger partial charge is 0.315 e. The first kappa shape index (κ1) is 19.6. The lowest BCUT2D eigenvalue weighted by Crippen LogP contribution is -2.72. The molecule has 5 atom stereocenters. The molecule has 2 saturated carbocycles. The molecule has 0 aromatic carbocycles. The monoisotopic (exact) mass is 401 g/mol. The van der Waals surface area contributed by atoms with E-state index < -0.39 is 17.1 Å². The predicted molar refractivity (Wildman–Crippen MR) is 111 cm³/mol. The number of carbonyl (C=O) groups excluding carboxylic acids is 1. The Bertz CT molecular complexity index is 775. The van der Waals surface area contributed by atoms with E-state index >= 15 is 0 Å². The van der Waals surface area contributed by atoms with E-state index in [-0.39, 0.29) is 17.6 Å². The van der Waals surface area contributed by atoms with Crippen molar-refractivity contribution in [3.05, 3.63) is 23.3 Å². The zero-order valence-corrected chi connectivity index (χ0v) is 17.7. The number of urea groups is 1. The summed E-state index contributed by atoms with van der Waals surface area (Å²) in [4.78, 5) is 14.5. The van der Waals surface area contributed by atoms with Crippen LogP contribution in [0.5, 0.6) is 0 Å². The highest BCUT2D eigenvalue weighted by molar-refractivity contribution is 5.77. The molecule has 160 valence electrons. The number of nitrogens with zero attached hydrogens (tertiary/aromatic N) is 1. The summed E-state index contributed by atoms with van der Waals surface area (Å²) < 4.78 is 0. The number of fused-ring (bicyclic) bond motifs is 1. The molecule has 2 amide bonds. The number of nitrogens with one attached hydrogen (secondary N) is 2. The molecule has 0 radical (unpaired) electrons. The van der Waals surface area contributed by atoms with Crippen molar-refractivity contribution < 1.29 is 15.0 Å². The molecule has 0 aromatic rings. The number of aliphatic hydroxyl groups is 2. The first-order valence-electron chi connectivity index (χ1n) is 11.4. The summed E-state index contributed by atoms with van der Waals surface area (Å²) in [5, 5.41) is 29.0. The highest BCUT2D eigenvalue weighted by atomic mass is 16.3. The van der Waals surface area contributed by atoms with Gasteiger partial charge in [-0.2, -0.15) is 0 Å². The van der Waals surface area contributed by atoms with Crippen LogP contribution in [0.1, 0.15) is 58.8 Å². The minimum atomic E-state index is -0.847. The lowest BCUT2D eigenvalue weighted by atomic mass is 9.48. The van der Waals surface area contributed by atoms with Gasteiger partial charge in [0.15, 0.2) is 0 Å². The third-order valence-electron chi connectivity index (χ3n) is 8.71. The molecule has 3 aliphatic carbocycles. The number of hydrogen-bond donors (Lipinski definition) is 4. The Morgan fingerprint density at radius 1 is 1.28 bits per heavy atom. The van der Waals surface area contributed by atoms with Crippen molar-refractivity contribution in [3.63, 3.8) is 0 Å². The summed E-state index contributed by atoms with van der Waals surface area (Å²) in [6, 6.07) is -0.0262. The Morgan fingerprint density at radius 2 is 2.07 bits per heavy atom. The summed E-state index contributed by atoms with van der Waals surface area (Å²) in [6.07, 6.45) is 9.67. The second-order valence-corrected chi connectivity index (χ2v) is 10.4. The van der Waals surface area contributed by atoms with Gasteiger partial charge in [-0.25, -0.2) is 4.79 Å². The first-order chi connectivity index (χ1) is 13.8. The molecule has 5 unspecified atom stereocenters. The quantitative estimate of drug-likeness (QED) is 0.583. The van der Waals surface area contributed by atoms with Gasteiger partial charge >= 0.3 is 6.03 Å². The van der Waals surface area contributed by atoms with Crippen molar-refractivity contribution in [3.8, 4) is 0 Å². The Kier molecular flexibility index (Phi) is 4.43. The highest BCUT2D eigenvalue weighted by Crippen LogP contribution is 2.61. The van der Waals surface area contributed by atoms with Gasteiger partial charge in [0.2, 0.25) is 0 Å². The van der Waals surface area contributed by atoms with E-state index in [1.165, 1.54) is 24.0 Å². The van der Waals surface area contributed by atoms with Crippen LogP contribution in [-0.4, -0.2) is 64.1 Å². The van der Waals surface area contributed by atoms with Gasteiger partial charge in [0, 0.05) is 24.5 Å². The molecule has 0 aromatic heterocycles. The molecule has 29 heavy (non-hydrogen) atoms. The number of piperidine rings is 1. The fourth-order valence-corrected chi connectivity index (χ4v) is 6.84. The molecule has 0 bridgehead atoms. The SMILES string of the molecule is CC1=C(C23CCN(CC4CC4)C(C)C2(O)CCC2(CNC(=O)N2)C3)CC(O)C=C1. The number of amides is 2. The van der Waals surface area contributed by atoms with E-state index in [2.05, 4.69) is 29.4 Å². The van der Waals surface area contributed by atoms with Crippen molar-refractivity contribution >= 4 is 6.03 Å². The molecule has 5 aliphatic rings. The third kappa shape index (κ3) is 2.98. The lowest BCUT2D eigenvalue weighted by Gasteiger charge is -2.64. The Labute approximate surface area is 173 Å². The van der Waals surface area contributed by atoms with Crippen molar-refractivity contribution in [2.24, 2.45) is 11.3 Å². The van der Waals surface area contributed by atoms with Crippen LogP contribution in [-0.2, 0) is 0 Å². The van der Waals surface area contributed by atoms with Crippen LogP contribution in [0, 0.1) is 11.3 Å². The number of hydrogen-bond acceptors (Lipinski definition) is 4. The first-order valence-corrected chi connectivity index (χ1v) is 11.4. The van der Waals surface area contributed by atoms with Crippen LogP contribution >= 0.6 is 0 Å². The van der Waals surface area contributed by atoms with Gasteiger partial charge in [-0.1, -0.05) is 23.3 Å². The zero-order chi connectivity index (χ0) is 20.4. The van der Waals surface area contributed by atoms with Crippen molar-refractivity contribution in [2.75, 3.05) is 19.6 Å². The summed E-state index contributed by atoms with van der Waals surface area (Å²) in [7, 11) is 0. The minimum Gasteiger partial charge on any atom is -0.389 e. The number of allylic oxidation sites excluding steroid dienone is 2. The maximum atomic E-state index is 12.4. The maximum absolute atomic E-state index is 12.4. The Morgan fingerprint density at radius 3 is 2.76 bits per heavy atom. The van der Waals surface area contributed by atoms with Gasteiger partial charge in [-0.15, -0.1) is 0 Å². The van der Waals surface area contributed by atoms with E-state index in [9.17, 15) is 15.0 Å². The van der Waals surface area contributed by atoms with Crippen LogP contribution in [0.4, 0.5) is 4.79 Å². The van der Waals surface area contributed by atoms with E-state index in [4.69, 9.17) is 0 Å². The largest absolute Gasteiger partial charge is 0.389 e. The third-order valence-corrected chi connectivity index (χ3v) is 8.71. The highest BCUT2D eigenvalue weighted by Gasteiger charge is 2.65. The van der Waals surface area contributed by atoms with Crippen LogP contribution in [0.25, 0.3) is 0 Å². The molecular formula is C23H35N3O3. The maximum Gasteiger partial charge on any atom is 0.315 e. The normalized spacial score (nSPS) is 45.3. The van der Waals surface area contributed by atoms with Crippen LogP contribution in [0.2, 0.25) is 0 Å². The van der Waals surface area contributed by atoms with Crippen molar-refractivity contribution in [1.82, 2.24) is 15.5 Å². The molecule has 2 aliphatic heterocycles. The second-order valence-electron chi connectivity index (χ2n) is 10.4. The fourth-order valence-electron chi connectivity index (χ4n) is 6.84. The second kappa shape index (κ2) is 6.56. The summed E-state index contributed by atoms with van der Waals surface area (Å²) >= 11 is 0. The predicted octanol–water partition coefficient (Wildman–Crippen LogP) is 2.08. The topological polar surface area (TPSA) is 84.8 Å². The van der Waals surface area contributed by atoms with E-state index in [1.54, 1.807) is 0 Å². The average Bonchev–Trinajstić information content (AvgIpc) is 3.44. The number of carbonyl (C=O) groups is 1. The zero-order valence-electron chi connectivity index (χ0n) is 17.7. The van der Waals surface area contributed by atoms with E-state index in [0.717, 1.165) is 38.3 Å². The minimum absolute atomic E-state index is 0.0719. The summed E-state index contributed by atoms with van der Waals surface area (Å²) in [5.41, 5.74) is 0.806. The molecule has 6 heteroatoms. The molecule has 5 rings (SSSR count). The fraction of sp³-hybridized carbons (Fsp3) is 0.783. The van der Waals surface area contributed by atoms with E-state index in [1.807, 2.05) is 12.2 Å².